The van der Waals surface area contributed by atoms with E-state index >= 15 is 0 Å². The first-order valence-electron chi connectivity index (χ1n) is 10.3. The number of para-hydroxylation sites is 1. The second-order valence-electron chi connectivity index (χ2n) is 6.82. The summed E-state index contributed by atoms with van der Waals surface area (Å²) in [5, 5.41) is 9.14. The number of benzene rings is 2. The molecular weight excluding hydrogens is 408 g/mol. The lowest BCUT2D eigenvalue weighted by atomic mass is 10.1. The van der Waals surface area contributed by atoms with Gasteiger partial charge in [-0.1, -0.05) is 60.3 Å². The molecule has 2 aromatic carbocycles. The average Bonchev–Trinajstić information content (AvgIpc) is 3.21. The van der Waals surface area contributed by atoms with E-state index in [4.69, 9.17) is 4.74 Å². The van der Waals surface area contributed by atoms with Crippen molar-refractivity contribution in [2.75, 3.05) is 20.2 Å². The van der Waals surface area contributed by atoms with Gasteiger partial charge in [0, 0.05) is 19.6 Å². The second-order valence-corrected chi connectivity index (χ2v) is 7.90. The van der Waals surface area contributed by atoms with Gasteiger partial charge in [0.1, 0.15) is 11.0 Å². The molecule has 1 amide bonds. The van der Waals surface area contributed by atoms with Crippen LogP contribution in [0.2, 0.25) is 0 Å². The van der Waals surface area contributed by atoms with Crippen LogP contribution in [-0.2, 0) is 11.3 Å². The molecule has 162 valence electrons. The normalized spacial score (nSPS) is 11.7. The predicted octanol–water partition coefficient (Wildman–Crippen LogP) is 4.84. The molecule has 1 atom stereocenters. The van der Waals surface area contributed by atoms with Crippen molar-refractivity contribution in [1.82, 2.24) is 19.7 Å². The third-order valence-corrected chi connectivity index (χ3v) is 6.22. The Morgan fingerprint density at radius 3 is 2.45 bits per heavy atom. The Balaban J connectivity index is 2.04. The minimum Gasteiger partial charge on any atom is -0.496 e. The predicted molar refractivity (Wildman–Crippen MR) is 125 cm³/mol. The summed E-state index contributed by atoms with van der Waals surface area (Å²) in [6, 6.07) is 17.5. The molecule has 0 saturated carbocycles. The maximum Gasteiger partial charge on any atom is 0.240 e. The van der Waals surface area contributed by atoms with Crippen LogP contribution < -0.4 is 4.74 Å². The minimum absolute atomic E-state index is 0.0631. The Morgan fingerprint density at radius 1 is 1.13 bits per heavy atom. The number of nitrogens with zero attached hydrogens (tertiary/aromatic N) is 4. The number of thioether (sulfide) groups is 1. The molecule has 6 nitrogen and oxygen atoms in total. The van der Waals surface area contributed by atoms with Crippen LogP contribution in [-0.4, -0.2) is 45.8 Å². The van der Waals surface area contributed by atoms with Crippen molar-refractivity contribution in [2.24, 2.45) is 0 Å². The molecule has 0 aliphatic carbocycles. The Kier molecular flexibility index (Phi) is 7.89. The lowest BCUT2D eigenvalue weighted by Gasteiger charge is -2.25. The van der Waals surface area contributed by atoms with E-state index in [0.29, 0.717) is 30.6 Å². The van der Waals surface area contributed by atoms with Gasteiger partial charge < -0.3 is 9.64 Å². The van der Waals surface area contributed by atoms with E-state index < -0.39 is 5.25 Å². The molecule has 3 aromatic rings. The van der Waals surface area contributed by atoms with Crippen LogP contribution in [0.15, 0.2) is 72.4 Å². The van der Waals surface area contributed by atoms with E-state index in [1.54, 1.807) is 13.2 Å². The van der Waals surface area contributed by atoms with Crippen molar-refractivity contribution in [3.05, 3.63) is 72.8 Å². The average molecular weight is 437 g/mol. The van der Waals surface area contributed by atoms with E-state index in [9.17, 15) is 4.79 Å². The highest BCUT2D eigenvalue weighted by Gasteiger charge is 2.28. The fourth-order valence-electron chi connectivity index (χ4n) is 3.39. The number of amides is 1. The number of carbonyl (C=O) groups excluding carboxylic acids is 1. The van der Waals surface area contributed by atoms with Crippen LogP contribution in [0.3, 0.4) is 0 Å². The summed E-state index contributed by atoms with van der Waals surface area (Å²) in [5.41, 5.74) is 1.79. The van der Waals surface area contributed by atoms with Crippen molar-refractivity contribution in [2.45, 2.75) is 30.8 Å². The molecule has 0 N–H and O–H groups in total. The lowest BCUT2D eigenvalue weighted by molar-refractivity contribution is -0.130. The van der Waals surface area contributed by atoms with Crippen LogP contribution in [0.25, 0.3) is 11.4 Å². The zero-order valence-electron chi connectivity index (χ0n) is 18.2. The number of hydrogen-bond donors (Lipinski definition) is 0. The summed E-state index contributed by atoms with van der Waals surface area (Å²) in [5.74, 6) is 1.46. The molecule has 0 aliphatic heterocycles. The van der Waals surface area contributed by atoms with Gasteiger partial charge in [-0.05, 0) is 31.5 Å². The highest BCUT2D eigenvalue weighted by molar-refractivity contribution is 8.00. The number of ether oxygens (including phenoxy) is 1. The zero-order chi connectivity index (χ0) is 22.2. The summed E-state index contributed by atoms with van der Waals surface area (Å²) in [6.45, 7) is 9.71. The first kappa shape index (κ1) is 22.6. The van der Waals surface area contributed by atoms with Crippen molar-refractivity contribution < 1.29 is 9.53 Å². The monoisotopic (exact) mass is 436 g/mol. The van der Waals surface area contributed by atoms with Crippen LogP contribution in [0.4, 0.5) is 0 Å². The van der Waals surface area contributed by atoms with E-state index in [2.05, 4.69) is 16.8 Å². The Hall–Kier alpha value is -3.06. The fraction of sp³-hybridized carbons (Fsp3) is 0.292. The fourth-order valence-corrected chi connectivity index (χ4v) is 4.52. The SMILES string of the molecule is C=CCn1c(SC(C(=O)N(CC)CC)c2ccccc2)nnc1-c1ccccc1OC. The highest BCUT2D eigenvalue weighted by Crippen LogP contribution is 2.38. The van der Waals surface area contributed by atoms with Crippen molar-refractivity contribution in [3.8, 4) is 17.1 Å². The summed E-state index contributed by atoms with van der Waals surface area (Å²) < 4.78 is 7.49. The quantitative estimate of drug-likeness (QED) is 0.336. The minimum atomic E-state index is -0.417. The van der Waals surface area contributed by atoms with E-state index in [1.807, 2.05) is 77.9 Å². The smallest absolute Gasteiger partial charge is 0.240 e. The summed E-state index contributed by atoms with van der Waals surface area (Å²) in [6.07, 6.45) is 1.80. The molecule has 0 bridgehead atoms. The molecular formula is C24H28N4O2S. The van der Waals surface area contributed by atoms with Gasteiger partial charge in [-0.3, -0.25) is 9.36 Å². The molecule has 0 saturated heterocycles. The molecule has 0 fully saturated rings. The van der Waals surface area contributed by atoms with Gasteiger partial charge in [0.2, 0.25) is 5.91 Å². The molecule has 0 aliphatic rings. The molecule has 3 rings (SSSR count). The Morgan fingerprint density at radius 2 is 1.81 bits per heavy atom. The first-order valence-corrected chi connectivity index (χ1v) is 11.2. The topological polar surface area (TPSA) is 60.2 Å². The molecule has 1 aromatic heterocycles. The standard InChI is InChI=1S/C24H28N4O2S/c1-5-17-28-22(19-15-11-12-16-20(19)30-4)25-26-24(28)31-21(18-13-9-8-10-14-18)23(29)27(6-2)7-3/h5,8-16,21H,1,6-7,17H2,2-4H3. The van der Waals surface area contributed by atoms with Crippen LogP contribution in [0, 0.1) is 0 Å². The van der Waals surface area contributed by atoms with E-state index in [0.717, 1.165) is 16.9 Å². The van der Waals surface area contributed by atoms with Gasteiger partial charge in [0.15, 0.2) is 11.0 Å². The second kappa shape index (κ2) is 10.8. The molecule has 1 heterocycles. The van der Waals surface area contributed by atoms with Gasteiger partial charge in [0.05, 0.1) is 12.7 Å². The molecule has 7 heteroatoms. The number of hydrogen-bond acceptors (Lipinski definition) is 5. The summed E-state index contributed by atoms with van der Waals surface area (Å²) in [7, 11) is 1.64. The van der Waals surface area contributed by atoms with Crippen LogP contribution >= 0.6 is 11.8 Å². The third-order valence-electron chi connectivity index (χ3n) is 5.00. The van der Waals surface area contributed by atoms with E-state index in [1.165, 1.54) is 11.8 Å². The number of methoxy groups -OCH3 is 1. The molecule has 31 heavy (non-hydrogen) atoms. The van der Waals surface area contributed by atoms with Crippen molar-refractivity contribution in [1.29, 1.82) is 0 Å². The first-order chi connectivity index (χ1) is 15.1. The van der Waals surface area contributed by atoms with Crippen LogP contribution in [0.1, 0.15) is 24.7 Å². The number of likely N-dealkylation sites (N-methyl/N-ethyl adjacent to an activating group) is 1. The Bertz CT molecular complexity index is 1020. The van der Waals surface area contributed by atoms with Gasteiger partial charge in [0.25, 0.3) is 0 Å². The van der Waals surface area contributed by atoms with Crippen molar-refractivity contribution >= 4 is 17.7 Å². The number of carbonyl (C=O) groups is 1. The summed E-state index contributed by atoms with van der Waals surface area (Å²) >= 11 is 1.41. The zero-order valence-corrected chi connectivity index (χ0v) is 19.0. The third kappa shape index (κ3) is 4.99. The van der Waals surface area contributed by atoms with E-state index in [-0.39, 0.29) is 5.91 Å². The number of aromatic nitrogens is 3. The highest BCUT2D eigenvalue weighted by atomic mass is 32.2. The lowest BCUT2D eigenvalue weighted by Crippen LogP contribution is -2.34. The maximum absolute atomic E-state index is 13.4. The van der Waals surface area contributed by atoms with Crippen LogP contribution in [0.5, 0.6) is 5.75 Å². The van der Waals surface area contributed by atoms with Gasteiger partial charge in [-0.25, -0.2) is 0 Å². The molecule has 0 radical (unpaired) electrons. The molecule has 0 spiro atoms. The maximum atomic E-state index is 13.4. The van der Waals surface area contributed by atoms with Gasteiger partial charge in [-0.15, -0.1) is 16.8 Å². The van der Waals surface area contributed by atoms with Gasteiger partial charge in [-0.2, -0.15) is 0 Å². The number of rotatable bonds is 10. The number of allylic oxidation sites excluding steroid dienone is 1. The Labute approximate surface area is 187 Å². The largest absolute Gasteiger partial charge is 0.496 e. The van der Waals surface area contributed by atoms with Gasteiger partial charge >= 0.3 is 0 Å². The molecule has 1 unspecified atom stereocenters. The van der Waals surface area contributed by atoms with Crippen molar-refractivity contribution in [3.63, 3.8) is 0 Å². The summed E-state index contributed by atoms with van der Waals surface area (Å²) in [4.78, 5) is 15.2.